The van der Waals surface area contributed by atoms with E-state index in [2.05, 4.69) is 6.92 Å². The Balaban J connectivity index is 3.97. The maximum absolute atomic E-state index is 11.4. The smallest absolute Gasteiger partial charge is 0.305 e. The molecule has 0 rings (SSSR count). The van der Waals surface area contributed by atoms with Gasteiger partial charge in [0, 0.05) is 13.0 Å². The highest BCUT2D eigenvalue weighted by Crippen LogP contribution is 2.17. The summed E-state index contributed by atoms with van der Waals surface area (Å²) in [6.45, 7) is 9.14. The maximum atomic E-state index is 11.4. The Bertz CT molecular complexity index is 281. The van der Waals surface area contributed by atoms with E-state index >= 15 is 0 Å². The molecule has 0 aromatic heterocycles. The molecule has 144 valence electrons. The normalized spacial score (nSPS) is 13.7. The van der Waals surface area contributed by atoms with Gasteiger partial charge < -0.3 is 14.2 Å². The van der Waals surface area contributed by atoms with Gasteiger partial charge in [0.05, 0.1) is 12.7 Å². The van der Waals surface area contributed by atoms with Gasteiger partial charge in [-0.1, -0.05) is 51.9 Å². The molecule has 0 aliphatic heterocycles. The Kier molecular flexibility index (Phi) is 16.8. The van der Waals surface area contributed by atoms with E-state index < -0.39 is 0 Å². The van der Waals surface area contributed by atoms with E-state index in [-0.39, 0.29) is 18.4 Å². The van der Waals surface area contributed by atoms with E-state index in [1.54, 1.807) is 0 Å². The molecule has 0 heterocycles. The summed E-state index contributed by atoms with van der Waals surface area (Å²) in [5, 5.41) is 0. The largest absolute Gasteiger partial charge is 0.466 e. The van der Waals surface area contributed by atoms with Crippen molar-refractivity contribution in [3.63, 3.8) is 0 Å². The lowest BCUT2D eigenvalue weighted by Crippen LogP contribution is -2.23. The van der Waals surface area contributed by atoms with Gasteiger partial charge in [-0.25, -0.2) is 0 Å². The molecule has 0 aliphatic rings. The summed E-state index contributed by atoms with van der Waals surface area (Å²) in [5.74, 6) is -0.106. The van der Waals surface area contributed by atoms with Crippen LogP contribution in [0.15, 0.2) is 0 Å². The predicted molar refractivity (Wildman–Crippen MR) is 99.1 cm³/mol. The van der Waals surface area contributed by atoms with Gasteiger partial charge in [0.1, 0.15) is 0 Å². The molecule has 0 N–H and O–H groups in total. The highest BCUT2D eigenvalue weighted by Gasteiger charge is 2.14. The monoisotopic (exact) mass is 344 g/mol. The highest BCUT2D eigenvalue weighted by atomic mass is 16.7. The van der Waals surface area contributed by atoms with Crippen molar-refractivity contribution >= 4 is 5.97 Å². The minimum Gasteiger partial charge on any atom is -0.466 e. The van der Waals surface area contributed by atoms with E-state index in [9.17, 15) is 4.79 Å². The van der Waals surface area contributed by atoms with Crippen LogP contribution in [-0.4, -0.2) is 31.6 Å². The number of carbonyl (C=O) groups is 1. The number of hydrogen-bond acceptors (Lipinski definition) is 4. The number of unbranched alkanes of at least 4 members (excludes halogenated alkanes) is 6. The van der Waals surface area contributed by atoms with Gasteiger partial charge in [0.15, 0.2) is 6.29 Å². The molecular weight excluding hydrogens is 304 g/mol. The summed E-state index contributed by atoms with van der Waals surface area (Å²) in [6, 6.07) is 0. The predicted octanol–water partition coefficient (Wildman–Crippen LogP) is 5.63. The van der Waals surface area contributed by atoms with Gasteiger partial charge in [-0.15, -0.1) is 0 Å². The molecular formula is C20H40O4. The standard InChI is InChI=1S/C20H40O4/c1-5-8-9-10-11-12-13-15-19(24-18(4)22-6-2)16-14-17-20(21)23-7-3/h18-19H,5-17H2,1-4H3. The minimum atomic E-state index is -0.174. The summed E-state index contributed by atoms with van der Waals surface area (Å²) in [4.78, 5) is 11.4. The van der Waals surface area contributed by atoms with Crippen molar-refractivity contribution in [2.24, 2.45) is 0 Å². The van der Waals surface area contributed by atoms with Crippen molar-refractivity contribution in [1.29, 1.82) is 0 Å². The second-order valence-corrected chi connectivity index (χ2v) is 6.39. The molecule has 4 nitrogen and oxygen atoms in total. The molecule has 0 aromatic rings. The van der Waals surface area contributed by atoms with Crippen LogP contribution in [0.2, 0.25) is 0 Å². The number of rotatable bonds is 17. The first kappa shape index (κ1) is 23.4. The van der Waals surface area contributed by atoms with Crippen LogP contribution in [0.4, 0.5) is 0 Å². The first-order valence-electron chi connectivity index (χ1n) is 10.1. The first-order chi connectivity index (χ1) is 11.6. The quantitative estimate of drug-likeness (QED) is 0.195. The van der Waals surface area contributed by atoms with Crippen molar-refractivity contribution in [2.75, 3.05) is 13.2 Å². The number of hydrogen-bond donors (Lipinski definition) is 0. The molecule has 2 atom stereocenters. The van der Waals surface area contributed by atoms with Gasteiger partial charge in [0.25, 0.3) is 0 Å². The average Bonchev–Trinajstić information content (AvgIpc) is 2.54. The van der Waals surface area contributed by atoms with Crippen LogP contribution in [0.3, 0.4) is 0 Å². The summed E-state index contributed by atoms with van der Waals surface area (Å²) in [6.07, 6.45) is 12.4. The van der Waals surface area contributed by atoms with E-state index in [1.807, 2.05) is 20.8 Å². The van der Waals surface area contributed by atoms with Crippen LogP contribution in [-0.2, 0) is 19.0 Å². The summed E-state index contributed by atoms with van der Waals surface area (Å²) < 4.78 is 16.5. The molecule has 0 saturated heterocycles. The van der Waals surface area contributed by atoms with Crippen LogP contribution in [0, 0.1) is 0 Å². The lowest BCUT2D eigenvalue weighted by Gasteiger charge is -2.22. The molecule has 0 bridgehead atoms. The zero-order chi connectivity index (χ0) is 18.0. The lowest BCUT2D eigenvalue weighted by atomic mass is 10.0. The lowest BCUT2D eigenvalue weighted by molar-refractivity contribution is -0.161. The second kappa shape index (κ2) is 17.2. The van der Waals surface area contributed by atoms with Gasteiger partial charge >= 0.3 is 5.97 Å². The van der Waals surface area contributed by atoms with E-state index in [4.69, 9.17) is 14.2 Å². The average molecular weight is 345 g/mol. The van der Waals surface area contributed by atoms with Crippen LogP contribution in [0.1, 0.15) is 98.3 Å². The molecule has 0 saturated carbocycles. The summed E-state index contributed by atoms with van der Waals surface area (Å²) >= 11 is 0. The fourth-order valence-corrected chi connectivity index (χ4v) is 2.86. The van der Waals surface area contributed by atoms with Gasteiger partial charge in [-0.05, 0) is 40.0 Å². The first-order valence-corrected chi connectivity index (χ1v) is 10.1. The molecule has 0 aliphatic carbocycles. The zero-order valence-electron chi connectivity index (χ0n) is 16.5. The van der Waals surface area contributed by atoms with Crippen molar-refractivity contribution in [1.82, 2.24) is 0 Å². The SMILES string of the molecule is CCCCCCCCCC(CCCC(=O)OCC)OC(C)OCC. The Hall–Kier alpha value is -0.610. The van der Waals surface area contributed by atoms with Gasteiger partial charge in [0.2, 0.25) is 0 Å². The fourth-order valence-electron chi connectivity index (χ4n) is 2.86. The molecule has 2 unspecified atom stereocenters. The van der Waals surface area contributed by atoms with Crippen molar-refractivity contribution in [2.45, 2.75) is 111 Å². The van der Waals surface area contributed by atoms with Crippen LogP contribution < -0.4 is 0 Å². The summed E-state index contributed by atoms with van der Waals surface area (Å²) in [5.41, 5.74) is 0. The molecule has 0 spiro atoms. The van der Waals surface area contributed by atoms with Crippen LogP contribution >= 0.6 is 0 Å². The Labute approximate surface area is 149 Å². The van der Waals surface area contributed by atoms with E-state index in [0.29, 0.717) is 19.6 Å². The van der Waals surface area contributed by atoms with E-state index in [0.717, 1.165) is 19.3 Å². The second-order valence-electron chi connectivity index (χ2n) is 6.39. The minimum absolute atomic E-state index is 0.106. The number of carbonyl (C=O) groups excluding carboxylic acids is 1. The molecule has 4 heteroatoms. The highest BCUT2D eigenvalue weighted by molar-refractivity contribution is 5.69. The van der Waals surface area contributed by atoms with Gasteiger partial charge in [-0.2, -0.15) is 0 Å². The van der Waals surface area contributed by atoms with Crippen molar-refractivity contribution in [3.8, 4) is 0 Å². The Morgan fingerprint density at radius 2 is 1.46 bits per heavy atom. The molecule has 0 radical (unpaired) electrons. The topological polar surface area (TPSA) is 44.8 Å². The van der Waals surface area contributed by atoms with Crippen molar-refractivity contribution in [3.05, 3.63) is 0 Å². The Morgan fingerprint density at radius 3 is 2.08 bits per heavy atom. The van der Waals surface area contributed by atoms with Crippen LogP contribution in [0.25, 0.3) is 0 Å². The molecule has 0 fully saturated rings. The molecule has 0 amide bonds. The number of ether oxygens (including phenoxy) is 3. The maximum Gasteiger partial charge on any atom is 0.305 e. The summed E-state index contributed by atoms with van der Waals surface area (Å²) in [7, 11) is 0. The Morgan fingerprint density at radius 1 is 0.833 bits per heavy atom. The van der Waals surface area contributed by atoms with Crippen LogP contribution in [0.5, 0.6) is 0 Å². The van der Waals surface area contributed by atoms with E-state index in [1.165, 1.54) is 44.9 Å². The molecule has 0 aromatic carbocycles. The fraction of sp³-hybridized carbons (Fsp3) is 0.950. The number of esters is 1. The van der Waals surface area contributed by atoms with Crippen molar-refractivity contribution < 1.29 is 19.0 Å². The third-order valence-corrected chi connectivity index (χ3v) is 4.13. The van der Waals surface area contributed by atoms with Gasteiger partial charge in [-0.3, -0.25) is 4.79 Å². The third-order valence-electron chi connectivity index (χ3n) is 4.13. The zero-order valence-corrected chi connectivity index (χ0v) is 16.5. The molecule has 24 heavy (non-hydrogen) atoms. The third kappa shape index (κ3) is 14.9.